The predicted octanol–water partition coefficient (Wildman–Crippen LogP) is 3.28. The zero-order valence-electron chi connectivity index (χ0n) is 10.7. The van der Waals surface area contributed by atoms with E-state index in [1.807, 2.05) is 0 Å². The van der Waals surface area contributed by atoms with Crippen molar-refractivity contribution in [3.8, 4) is 11.8 Å². The van der Waals surface area contributed by atoms with Gasteiger partial charge in [0.05, 0.1) is 5.56 Å². The largest absolute Gasteiger partial charge is 0.465 e. The summed E-state index contributed by atoms with van der Waals surface area (Å²) in [5, 5.41) is 18.1. The van der Waals surface area contributed by atoms with Gasteiger partial charge >= 0.3 is 6.09 Å². The van der Waals surface area contributed by atoms with Crippen molar-refractivity contribution < 1.29 is 23.4 Å². The molecule has 0 spiro atoms. The van der Waals surface area contributed by atoms with Crippen molar-refractivity contribution in [1.29, 1.82) is 5.26 Å². The van der Waals surface area contributed by atoms with Gasteiger partial charge in [0, 0.05) is 11.0 Å². The Hall–Kier alpha value is -1.88. The van der Waals surface area contributed by atoms with Crippen LogP contribution >= 0.6 is 15.9 Å². The lowest BCUT2D eigenvalue weighted by Gasteiger charge is -2.35. The van der Waals surface area contributed by atoms with Gasteiger partial charge in [-0.25, -0.2) is 13.6 Å². The van der Waals surface area contributed by atoms with Crippen molar-refractivity contribution in [2.24, 2.45) is 0 Å². The van der Waals surface area contributed by atoms with Crippen LogP contribution in [0, 0.1) is 17.1 Å². The summed E-state index contributed by atoms with van der Waals surface area (Å²) in [6, 6.07) is 4.13. The third-order valence-corrected chi connectivity index (χ3v) is 3.57. The molecule has 1 N–H and O–H groups in total. The van der Waals surface area contributed by atoms with Crippen LogP contribution in [0.15, 0.2) is 16.6 Å². The SMILES string of the molecule is N#Cc1cc(Br)cc(F)c1OC1C(F)CCCN1C(=O)O. The van der Waals surface area contributed by atoms with Crippen molar-refractivity contribution in [3.05, 3.63) is 28.0 Å². The molecule has 1 heterocycles. The average Bonchev–Trinajstić information content (AvgIpc) is 2.42. The second kappa shape index (κ2) is 6.26. The molecule has 2 rings (SSSR count). The maximum atomic E-state index is 13.9. The lowest BCUT2D eigenvalue weighted by Crippen LogP contribution is -2.52. The number of hydrogen-bond donors (Lipinski definition) is 1. The number of carboxylic acid groups (broad SMARTS) is 1. The van der Waals surface area contributed by atoms with Gasteiger partial charge < -0.3 is 9.84 Å². The summed E-state index contributed by atoms with van der Waals surface area (Å²) in [5.74, 6) is -1.30. The highest BCUT2D eigenvalue weighted by Crippen LogP contribution is 2.31. The van der Waals surface area contributed by atoms with E-state index < -0.39 is 30.1 Å². The fraction of sp³-hybridized carbons (Fsp3) is 0.385. The molecule has 2 atom stereocenters. The first-order valence-corrected chi connectivity index (χ1v) is 6.92. The minimum atomic E-state index is -1.58. The third kappa shape index (κ3) is 3.24. The maximum Gasteiger partial charge on any atom is 0.410 e. The van der Waals surface area contributed by atoms with Gasteiger partial charge in [-0.2, -0.15) is 5.26 Å². The molecule has 1 aromatic carbocycles. The van der Waals surface area contributed by atoms with E-state index in [2.05, 4.69) is 15.9 Å². The molecule has 0 radical (unpaired) electrons. The van der Waals surface area contributed by atoms with Crippen LogP contribution in [0.5, 0.6) is 5.75 Å². The molecule has 1 aliphatic heterocycles. The Kier molecular flexibility index (Phi) is 4.63. The number of piperidine rings is 1. The summed E-state index contributed by atoms with van der Waals surface area (Å²) in [6.07, 6.45) is -3.91. The van der Waals surface area contributed by atoms with Gasteiger partial charge in [0.2, 0.25) is 6.23 Å². The molecule has 0 aliphatic carbocycles. The van der Waals surface area contributed by atoms with Crippen LogP contribution in [0.1, 0.15) is 18.4 Å². The molecule has 8 heteroatoms. The first-order chi connectivity index (χ1) is 9.93. The molecule has 1 aliphatic rings. The number of nitrogens with zero attached hydrogens (tertiary/aromatic N) is 2. The number of hydrogen-bond acceptors (Lipinski definition) is 3. The maximum absolute atomic E-state index is 13.9. The summed E-state index contributed by atoms with van der Waals surface area (Å²) < 4.78 is 33.4. The van der Waals surface area contributed by atoms with Gasteiger partial charge in [-0.05, 0) is 25.0 Å². The van der Waals surface area contributed by atoms with E-state index >= 15 is 0 Å². The monoisotopic (exact) mass is 360 g/mol. The Balaban J connectivity index is 2.35. The highest BCUT2D eigenvalue weighted by Gasteiger charge is 2.37. The van der Waals surface area contributed by atoms with Crippen LogP contribution in [0.3, 0.4) is 0 Å². The molecule has 0 saturated carbocycles. The highest BCUT2D eigenvalue weighted by molar-refractivity contribution is 9.10. The van der Waals surface area contributed by atoms with Crippen LogP contribution in [0.25, 0.3) is 0 Å². The van der Waals surface area contributed by atoms with Crippen molar-refractivity contribution in [2.75, 3.05) is 6.54 Å². The number of ether oxygens (including phenoxy) is 1. The van der Waals surface area contributed by atoms with E-state index in [0.717, 1.165) is 11.0 Å². The summed E-state index contributed by atoms with van der Waals surface area (Å²) in [5.41, 5.74) is -0.134. The van der Waals surface area contributed by atoms with Crippen LogP contribution < -0.4 is 4.74 Å². The smallest absolute Gasteiger partial charge is 0.410 e. The number of nitriles is 1. The number of likely N-dealkylation sites (tertiary alicyclic amines) is 1. The first kappa shape index (κ1) is 15.5. The molecule has 1 amide bonds. The van der Waals surface area contributed by atoms with Crippen LogP contribution in [0.2, 0.25) is 0 Å². The normalized spacial score (nSPS) is 21.7. The third-order valence-electron chi connectivity index (χ3n) is 3.11. The van der Waals surface area contributed by atoms with E-state index in [1.54, 1.807) is 6.07 Å². The quantitative estimate of drug-likeness (QED) is 0.878. The molecule has 1 aromatic rings. The molecule has 0 aromatic heterocycles. The number of rotatable bonds is 2. The van der Waals surface area contributed by atoms with E-state index in [4.69, 9.17) is 15.1 Å². The van der Waals surface area contributed by atoms with Gasteiger partial charge in [-0.1, -0.05) is 15.9 Å². The number of carbonyl (C=O) groups is 1. The average molecular weight is 361 g/mol. The Bertz CT molecular complexity index is 606. The fourth-order valence-electron chi connectivity index (χ4n) is 2.15. The summed E-state index contributed by atoms with van der Waals surface area (Å²) in [7, 11) is 0. The standard InChI is InChI=1S/C13H11BrF2N2O3/c14-8-4-7(6-17)11(10(16)5-8)21-12-9(15)2-1-3-18(12)13(19)20/h4-5,9,12H,1-3H2,(H,19,20). The molecule has 21 heavy (non-hydrogen) atoms. The second-order valence-corrected chi connectivity index (χ2v) is 5.43. The van der Waals surface area contributed by atoms with Crippen molar-refractivity contribution in [2.45, 2.75) is 25.2 Å². The van der Waals surface area contributed by atoms with E-state index in [-0.39, 0.29) is 18.5 Å². The lowest BCUT2D eigenvalue weighted by molar-refractivity contribution is -0.0475. The zero-order valence-corrected chi connectivity index (χ0v) is 12.3. The molecular weight excluding hydrogens is 350 g/mol. The van der Waals surface area contributed by atoms with E-state index in [9.17, 15) is 13.6 Å². The molecule has 112 valence electrons. The zero-order chi connectivity index (χ0) is 15.6. The molecule has 5 nitrogen and oxygen atoms in total. The summed E-state index contributed by atoms with van der Waals surface area (Å²) >= 11 is 3.03. The minimum absolute atomic E-state index is 0.0977. The Morgan fingerprint density at radius 3 is 2.90 bits per heavy atom. The van der Waals surface area contributed by atoms with Gasteiger partial charge in [0.15, 0.2) is 17.7 Å². The number of alkyl halides is 1. The molecule has 2 unspecified atom stereocenters. The van der Waals surface area contributed by atoms with Crippen molar-refractivity contribution in [1.82, 2.24) is 4.90 Å². The Morgan fingerprint density at radius 2 is 2.29 bits per heavy atom. The van der Waals surface area contributed by atoms with E-state index in [0.29, 0.717) is 10.9 Å². The number of benzene rings is 1. The van der Waals surface area contributed by atoms with E-state index in [1.165, 1.54) is 6.07 Å². The number of amides is 1. The molecule has 1 saturated heterocycles. The number of halogens is 3. The minimum Gasteiger partial charge on any atom is -0.465 e. The molecule has 1 fully saturated rings. The van der Waals surface area contributed by atoms with Gasteiger partial charge in [0.1, 0.15) is 6.07 Å². The lowest BCUT2D eigenvalue weighted by atomic mass is 10.1. The molecule has 0 bridgehead atoms. The van der Waals surface area contributed by atoms with Crippen molar-refractivity contribution >= 4 is 22.0 Å². The van der Waals surface area contributed by atoms with Crippen LogP contribution in [-0.2, 0) is 0 Å². The second-order valence-electron chi connectivity index (χ2n) is 4.52. The van der Waals surface area contributed by atoms with Crippen LogP contribution in [0.4, 0.5) is 13.6 Å². The summed E-state index contributed by atoms with van der Waals surface area (Å²) in [4.78, 5) is 11.9. The van der Waals surface area contributed by atoms with Crippen LogP contribution in [-0.4, -0.2) is 35.0 Å². The van der Waals surface area contributed by atoms with Crippen molar-refractivity contribution in [3.63, 3.8) is 0 Å². The highest BCUT2D eigenvalue weighted by atomic mass is 79.9. The van der Waals surface area contributed by atoms with Gasteiger partial charge in [0.25, 0.3) is 0 Å². The topological polar surface area (TPSA) is 73.6 Å². The Morgan fingerprint density at radius 1 is 1.57 bits per heavy atom. The van der Waals surface area contributed by atoms with Gasteiger partial charge in [-0.15, -0.1) is 0 Å². The Labute approximate surface area is 127 Å². The fourth-order valence-corrected chi connectivity index (χ4v) is 2.58. The molecular formula is C13H11BrF2N2O3. The van der Waals surface area contributed by atoms with Gasteiger partial charge in [-0.3, -0.25) is 4.90 Å². The first-order valence-electron chi connectivity index (χ1n) is 6.13. The summed E-state index contributed by atoms with van der Waals surface area (Å²) in [6.45, 7) is 0.0977. The predicted molar refractivity (Wildman–Crippen MR) is 72.1 cm³/mol.